The van der Waals surface area contributed by atoms with Crippen molar-refractivity contribution in [3.8, 4) is 0 Å². The quantitative estimate of drug-likeness (QED) is 0.779. The third-order valence-corrected chi connectivity index (χ3v) is 3.15. The van der Waals surface area contributed by atoms with Gasteiger partial charge in [0.25, 0.3) is 0 Å². The third-order valence-electron chi connectivity index (χ3n) is 3.15. The molecule has 0 bridgehead atoms. The summed E-state index contributed by atoms with van der Waals surface area (Å²) < 4.78 is 6.94. The van der Waals surface area contributed by atoms with Crippen molar-refractivity contribution in [2.24, 2.45) is 0 Å². The summed E-state index contributed by atoms with van der Waals surface area (Å²) >= 11 is 0. The molecular formula is C13H15N5O. The number of nitrogens with zero attached hydrogens (tertiary/aromatic N) is 4. The molecule has 0 radical (unpaired) electrons. The zero-order valence-electron chi connectivity index (χ0n) is 11.1. The van der Waals surface area contributed by atoms with Crippen LogP contribution in [0.4, 0.5) is 5.82 Å². The van der Waals surface area contributed by atoms with Crippen LogP contribution < -0.4 is 5.32 Å². The molecule has 0 saturated carbocycles. The maximum Gasteiger partial charge on any atom is 0.157 e. The first kappa shape index (κ1) is 11.7. The Labute approximate surface area is 110 Å². The molecule has 0 aromatic carbocycles. The predicted octanol–water partition coefficient (Wildman–Crippen LogP) is 2.25. The number of fused-ring (bicyclic) bond motifs is 1. The number of hydrogen-bond acceptors (Lipinski definition) is 5. The molecule has 3 rings (SSSR count). The largest absolute Gasteiger partial charge is 0.366 e. The summed E-state index contributed by atoms with van der Waals surface area (Å²) in [5, 5.41) is 11.5. The van der Waals surface area contributed by atoms with Crippen LogP contribution in [0.5, 0.6) is 0 Å². The predicted molar refractivity (Wildman–Crippen MR) is 71.0 cm³/mol. The van der Waals surface area contributed by atoms with Gasteiger partial charge in [-0.1, -0.05) is 5.16 Å². The molecule has 0 aliphatic carbocycles. The van der Waals surface area contributed by atoms with Gasteiger partial charge in [-0.3, -0.25) is 0 Å². The van der Waals surface area contributed by atoms with Gasteiger partial charge in [0.15, 0.2) is 5.65 Å². The van der Waals surface area contributed by atoms with Crippen LogP contribution in [0.25, 0.3) is 5.65 Å². The van der Waals surface area contributed by atoms with E-state index in [4.69, 9.17) is 4.52 Å². The first-order chi connectivity index (χ1) is 9.15. The highest BCUT2D eigenvalue weighted by atomic mass is 16.5. The van der Waals surface area contributed by atoms with E-state index in [1.807, 2.05) is 32.9 Å². The molecule has 0 aliphatic rings. The second-order valence-electron chi connectivity index (χ2n) is 4.60. The lowest BCUT2D eigenvalue weighted by atomic mass is 10.2. The molecule has 6 heteroatoms. The summed E-state index contributed by atoms with van der Waals surface area (Å²) in [6.07, 6.45) is 1.55. The van der Waals surface area contributed by atoms with Gasteiger partial charge in [-0.25, -0.2) is 4.98 Å². The lowest BCUT2D eigenvalue weighted by Crippen LogP contribution is -2.06. The van der Waals surface area contributed by atoms with Gasteiger partial charge in [0.2, 0.25) is 0 Å². The zero-order valence-corrected chi connectivity index (χ0v) is 11.1. The Morgan fingerprint density at radius 2 is 2.11 bits per heavy atom. The van der Waals surface area contributed by atoms with Crippen LogP contribution in [0, 0.1) is 20.8 Å². The maximum absolute atomic E-state index is 5.16. The third kappa shape index (κ3) is 2.05. The van der Waals surface area contributed by atoms with Gasteiger partial charge in [-0.05, 0) is 38.5 Å². The minimum atomic E-state index is 0.652. The van der Waals surface area contributed by atoms with E-state index < -0.39 is 0 Å². The van der Waals surface area contributed by atoms with E-state index in [1.165, 1.54) is 0 Å². The fraction of sp³-hybridized carbons (Fsp3) is 0.308. The molecule has 0 spiro atoms. The standard InChI is InChI=1S/C13H15N5O/c1-8-4-12(18-13(5-8)15-7-16-18)14-6-11-9(2)17-19-10(11)3/h4-5,7,14H,6H2,1-3H3. The summed E-state index contributed by atoms with van der Waals surface area (Å²) in [7, 11) is 0. The Kier molecular flexibility index (Phi) is 2.70. The molecule has 0 aliphatic heterocycles. The SMILES string of the molecule is Cc1cc(NCc2c(C)noc2C)n2ncnc2c1. The lowest BCUT2D eigenvalue weighted by Gasteiger charge is -2.08. The molecule has 3 heterocycles. The molecule has 0 unspecified atom stereocenters. The normalized spacial score (nSPS) is 11.1. The van der Waals surface area contributed by atoms with Gasteiger partial charge in [0, 0.05) is 12.1 Å². The van der Waals surface area contributed by atoms with E-state index in [-0.39, 0.29) is 0 Å². The second kappa shape index (κ2) is 4.38. The molecule has 0 saturated heterocycles. The molecule has 19 heavy (non-hydrogen) atoms. The average Bonchev–Trinajstić information content (AvgIpc) is 2.95. The number of aromatic nitrogens is 4. The number of rotatable bonds is 3. The minimum absolute atomic E-state index is 0.652. The summed E-state index contributed by atoms with van der Waals surface area (Å²) in [5.74, 6) is 1.75. The molecule has 3 aromatic heterocycles. The molecule has 6 nitrogen and oxygen atoms in total. The van der Waals surface area contributed by atoms with Crippen molar-refractivity contribution < 1.29 is 4.52 Å². The van der Waals surface area contributed by atoms with Crippen LogP contribution in [-0.2, 0) is 6.54 Å². The molecule has 3 aromatic rings. The van der Waals surface area contributed by atoms with E-state index in [0.717, 1.165) is 34.0 Å². The molecule has 0 atom stereocenters. The second-order valence-corrected chi connectivity index (χ2v) is 4.60. The van der Waals surface area contributed by atoms with Gasteiger partial charge >= 0.3 is 0 Å². The maximum atomic E-state index is 5.16. The smallest absolute Gasteiger partial charge is 0.157 e. The topological polar surface area (TPSA) is 68.2 Å². The van der Waals surface area contributed by atoms with Crippen LogP contribution in [0.15, 0.2) is 23.0 Å². The summed E-state index contributed by atoms with van der Waals surface area (Å²) in [5.41, 5.74) is 3.96. The number of anilines is 1. The molecule has 0 amide bonds. The van der Waals surface area contributed by atoms with E-state index in [1.54, 1.807) is 10.8 Å². The van der Waals surface area contributed by atoms with Crippen LogP contribution >= 0.6 is 0 Å². The van der Waals surface area contributed by atoms with Crippen molar-refractivity contribution in [1.82, 2.24) is 19.8 Å². The van der Waals surface area contributed by atoms with Crippen molar-refractivity contribution in [1.29, 1.82) is 0 Å². The zero-order chi connectivity index (χ0) is 13.4. The molecular weight excluding hydrogens is 242 g/mol. The van der Waals surface area contributed by atoms with Gasteiger partial charge in [0.05, 0.1) is 5.69 Å². The fourth-order valence-electron chi connectivity index (χ4n) is 2.12. The molecule has 0 fully saturated rings. The van der Waals surface area contributed by atoms with Crippen molar-refractivity contribution in [3.63, 3.8) is 0 Å². The van der Waals surface area contributed by atoms with E-state index in [9.17, 15) is 0 Å². The fourth-order valence-corrected chi connectivity index (χ4v) is 2.12. The van der Waals surface area contributed by atoms with Gasteiger partial charge in [0.1, 0.15) is 17.9 Å². The van der Waals surface area contributed by atoms with E-state index in [0.29, 0.717) is 6.54 Å². The van der Waals surface area contributed by atoms with Crippen LogP contribution in [0.3, 0.4) is 0 Å². The van der Waals surface area contributed by atoms with E-state index in [2.05, 4.69) is 20.6 Å². The summed E-state index contributed by atoms with van der Waals surface area (Å²) in [4.78, 5) is 4.20. The van der Waals surface area contributed by atoms with Gasteiger partial charge < -0.3 is 9.84 Å². The van der Waals surface area contributed by atoms with Crippen LogP contribution in [0.2, 0.25) is 0 Å². The average molecular weight is 257 g/mol. The summed E-state index contributed by atoms with van der Waals surface area (Å²) in [6.45, 7) is 6.54. The summed E-state index contributed by atoms with van der Waals surface area (Å²) in [6, 6.07) is 4.04. The van der Waals surface area contributed by atoms with Crippen molar-refractivity contribution in [2.75, 3.05) is 5.32 Å². The van der Waals surface area contributed by atoms with Crippen molar-refractivity contribution in [3.05, 3.63) is 41.0 Å². The number of hydrogen-bond donors (Lipinski definition) is 1. The van der Waals surface area contributed by atoms with E-state index >= 15 is 0 Å². The molecule has 98 valence electrons. The van der Waals surface area contributed by atoms with Crippen molar-refractivity contribution >= 4 is 11.5 Å². The highest BCUT2D eigenvalue weighted by Gasteiger charge is 2.10. The highest BCUT2D eigenvalue weighted by Crippen LogP contribution is 2.17. The number of aryl methyl sites for hydroxylation is 3. The first-order valence-corrected chi connectivity index (χ1v) is 6.11. The Morgan fingerprint density at radius 1 is 1.26 bits per heavy atom. The van der Waals surface area contributed by atoms with Gasteiger partial charge in [-0.2, -0.15) is 9.61 Å². The van der Waals surface area contributed by atoms with Crippen LogP contribution in [0.1, 0.15) is 22.6 Å². The Balaban J connectivity index is 1.91. The highest BCUT2D eigenvalue weighted by molar-refractivity contribution is 5.51. The monoisotopic (exact) mass is 257 g/mol. The Bertz CT molecular complexity index is 708. The number of pyridine rings is 1. The first-order valence-electron chi connectivity index (χ1n) is 6.11. The Hall–Kier alpha value is -2.37. The minimum Gasteiger partial charge on any atom is -0.366 e. The van der Waals surface area contributed by atoms with Gasteiger partial charge in [-0.15, -0.1) is 0 Å². The van der Waals surface area contributed by atoms with Crippen LogP contribution in [-0.4, -0.2) is 19.8 Å². The lowest BCUT2D eigenvalue weighted by molar-refractivity contribution is 0.392. The van der Waals surface area contributed by atoms with Crippen molar-refractivity contribution in [2.45, 2.75) is 27.3 Å². The molecule has 1 N–H and O–H groups in total. The Morgan fingerprint density at radius 3 is 2.84 bits per heavy atom. The number of nitrogens with one attached hydrogen (secondary N) is 1.